The van der Waals surface area contributed by atoms with Crippen molar-refractivity contribution in [1.29, 1.82) is 0 Å². The molecule has 3 aromatic rings. The van der Waals surface area contributed by atoms with E-state index < -0.39 is 0 Å². The first kappa shape index (κ1) is 14.7. The zero-order chi connectivity index (χ0) is 16.5. The number of furan rings is 1. The van der Waals surface area contributed by atoms with Crippen LogP contribution in [-0.2, 0) is 0 Å². The highest BCUT2D eigenvalue weighted by Crippen LogP contribution is 2.39. The molecule has 24 heavy (non-hydrogen) atoms. The summed E-state index contributed by atoms with van der Waals surface area (Å²) in [5.74, 6) is 1.27. The lowest BCUT2D eigenvalue weighted by Gasteiger charge is -2.15. The Hall–Kier alpha value is -2.89. The molecule has 1 fully saturated rings. The maximum Gasteiger partial charge on any atom is 0.257 e. The lowest BCUT2D eigenvalue weighted by atomic mass is 9.89. The number of carbonyl (C=O) groups excluding carboxylic acids is 1. The van der Waals surface area contributed by atoms with E-state index in [1.54, 1.807) is 13.0 Å². The van der Waals surface area contributed by atoms with Gasteiger partial charge >= 0.3 is 0 Å². The third-order valence-electron chi connectivity index (χ3n) is 4.46. The molecule has 1 aliphatic heterocycles. The van der Waals surface area contributed by atoms with Crippen molar-refractivity contribution in [2.75, 3.05) is 13.1 Å². The molecule has 0 unspecified atom stereocenters. The minimum atomic E-state index is -0.0385. The number of amides is 1. The molecule has 1 saturated heterocycles. The first-order valence-electron chi connectivity index (χ1n) is 7.89. The van der Waals surface area contributed by atoms with Crippen LogP contribution < -0.4 is 0 Å². The van der Waals surface area contributed by atoms with E-state index in [2.05, 4.69) is 22.3 Å². The summed E-state index contributed by atoms with van der Waals surface area (Å²) in [6.07, 6.45) is 2.99. The van der Waals surface area contributed by atoms with Gasteiger partial charge in [-0.2, -0.15) is 4.98 Å². The number of carbonyl (C=O) groups is 1. The fraction of sp³-hybridized carbons (Fsp3) is 0.278. The number of hydrogen-bond donors (Lipinski definition) is 0. The summed E-state index contributed by atoms with van der Waals surface area (Å²) in [5.41, 5.74) is 1.73. The topological polar surface area (TPSA) is 72.4 Å². The molecule has 6 heteroatoms. The van der Waals surface area contributed by atoms with Gasteiger partial charge in [0.2, 0.25) is 5.89 Å². The maximum absolute atomic E-state index is 12.7. The molecule has 0 N–H and O–H groups in total. The van der Waals surface area contributed by atoms with E-state index in [1.807, 2.05) is 23.1 Å². The predicted octanol–water partition coefficient (Wildman–Crippen LogP) is 2.99. The number of aryl methyl sites for hydroxylation is 1. The van der Waals surface area contributed by atoms with Crippen LogP contribution in [0.25, 0.3) is 0 Å². The molecule has 0 radical (unpaired) electrons. The van der Waals surface area contributed by atoms with E-state index in [4.69, 9.17) is 8.94 Å². The molecule has 3 heterocycles. The van der Waals surface area contributed by atoms with Gasteiger partial charge in [0.1, 0.15) is 6.26 Å². The quantitative estimate of drug-likeness (QED) is 0.741. The van der Waals surface area contributed by atoms with Gasteiger partial charge in [0.05, 0.1) is 17.7 Å². The third kappa shape index (κ3) is 2.60. The molecule has 1 amide bonds. The van der Waals surface area contributed by atoms with Gasteiger partial charge in [0, 0.05) is 19.0 Å². The molecular weight excluding hydrogens is 306 g/mol. The van der Waals surface area contributed by atoms with Gasteiger partial charge in [0.15, 0.2) is 5.82 Å². The Kier molecular flexibility index (Phi) is 3.65. The third-order valence-corrected chi connectivity index (χ3v) is 4.46. The van der Waals surface area contributed by atoms with Gasteiger partial charge < -0.3 is 13.8 Å². The zero-order valence-corrected chi connectivity index (χ0v) is 13.3. The van der Waals surface area contributed by atoms with Crippen LogP contribution in [0.2, 0.25) is 0 Å². The molecule has 4 rings (SSSR count). The molecule has 1 aliphatic rings. The van der Waals surface area contributed by atoms with E-state index in [0.717, 1.165) is 0 Å². The minimum absolute atomic E-state index is 0.00977. The Morgan fingerprint density at radius 1 is 1.17 bits per heavy atom. The highest BCUT2D eigenvalue weighted by molar-refractivity contribution is 5.94. The highest BCUT2D eigenvalue weighted by Gasteiger charge is 2.40. The summed E-state index contributed by atoms with van der Waals surface area (Å²) in [5, 5.41) is 3.90. The summed E-state index contributed by atoms with van der Waals surface area (Å²) in [6, 6.07) is 11.8. The summed E-state index contributed by atoms with van der Waals surface area (Å²) in [7, 11) is 0. The summed E-state index contributed by atoms with van der Waals surface area (Å²) in [4.78, 5) is 18.9. The van der Waals surface area contributed by atoms with Crippen molar-refractivity contribution in [1.82, 2.24) is 15.0 Å². The number of nitrogens with zero attached hydrogens (tertiary/aromatic N) is 3. The highest BCUT2D eigenvalue weighted by atomic mass is 16.5. The average Bonchev–Trinajstić information content (AvgIpc) is 3.35. The Labute approximate surface area is 139 Å². The number of hydrogen-bond acceptors (Lipinski definition) is 5. The van der Waals surface area contributed by atoms with Crippen molar-refractivity contribution in [2.24, 2.45) is 0 Å². The average molecular weight is 323 g/mol. The van der Waals surface area contributed by atoms with E-state index in [0.29, 0.717) is 30.4 Å². The molecule has 1 aromatic carbocycles. The van der Waals surface area contributed by atoms with Crippen molar-refractivity contribution in [3.8, 4) is 0 Å². The largest absolute Gasteiger partial charge is 0.472 e. The van der Waals surface area contributed by atoms with Gasteiger partial charge in [-0.1, -0.05) is 35.5 Å². The number of benzene rings is 1. The summed E-state index contributed by atoms with van der Waals surface area (Å²) < 4.78 is 10.4. The van der Waals surface area contributed by atoms with Crippen LogP contribution in [0.1, 0.15) is 39.5 Å². The van der Waals surface area contributed by atoms with Crippen molar-refractivity contribution in [3.63, 3.8) is 0 Å². The fourth-order valence-corrected chi connectivity index (χ4v) is 3.29. The van der Waals surface area contributed by atoms with Crippen LogP contribution in [0.3, 0.4) is 0 Å². The number of aromatic nitrogens is 2. The monoisotopic (exact) mass is 323 g/mol. The lowest BCUT2D eigenvalue weighted by molar-refractivity contribution is 0.0787. The molecule has 0 saturated carbocycles. The van der Waals surface area contributed by atoms with Gasteiger partial charge in [-0.15, -0.1) is 0 Å². The second-order valence-electron chi connectivity index (χ2n) is 6.03. The van der Waals surface area contributed by atoms with Crippen LogP contribution in [0, 0.1) is 6.92 Å². The standard InChI is InChI=1S/C18H17N3O3/c1-12-19-17(24-20-12)16-10-21(18(22)14-7-8-23-11-14)9-15(16)13-5-3-2-4-6-13/h2-8,11,15-16H,9-10H2,1H3/t15-,16-/m0/s1. The number of likely N-dealkylation sites (tertiary alicyclic amines) is 1. The lowest BCUT2D eigenvalue weighted by Crippen LogP contribution is -2.28. The first-order chi connectivity index (χ1) is 11.7. The minimum Gasteiger partial charge on any atom is -0.472 e. The normalized spacial score (nSPS) is 20.5. The second kappa shape index (κ2) is 5.96. The molecule has 2 atom stereocenters. The second-order valence-corrected chi connectivity index (χ2v) is 6.03. The Balaban J connectivity index is 1.66. The van der Waals surface area contributed by atoms with E-state index in [-0.39, 0.29) is 17.7 Å². The molecule has 0 bridgehead atoms. The Bertz CT molecular complexity index is 826. The van der Waals surface area contributed by atoms with Crippen LogP contribution in [0.15, 0.2) is 57.9 Å². The Morgan fingerprint density at radius 3 is 2.62 bits per heavy atom. The smallest absolute Gasteiger partial charge is 0.257 e. The SMILES string of the molecule is Cc1noc([C@H]2CN(C(=O)c3ccoc3)C[C@H]2c2ccccc2)n1. The maximum atomic E-state index is 12.7. The van der Waals surface area contributed by atoms with Gasteiger partial charge in [0.25, 0.3) is 5.91 Å². The van der Waals surface area contributed by atoms with Crippen LogP contribution >= 0.6 is 0 Å². The van der Waals surface area contributed by atoms with E-state index in [9.17, 15) is 4.79 Å². The summed E-state index contributed by atoms with van der Waals surface area (Å²) >= 11 is 0. The van der Waals surface area contributed by atoms with Crippen LogP contribution in [0.4, 0.5) is 0 Å². The zero-order valence-electron chi connectivity index (χ0n) is 13.3. The van der Waals surface area contributed by atoms with Crippen molar-refractivity contribution in [2.45, 2.75) is 18.8 Å². The van der Waals surface area contributed by atoms with Gasteiger partial charge in [-0.25, -0.2) is 0 Å². The van der Waals surface area contributed by atoms with Crippen LogP contribution in [-0.4, -0.2) is 34.0 Å². The van der Waals surface area contributed by atoms with E-state index in [1.165, 1.54) is 18.1 Å². The van der Waals surface area contributed by atoms with Crippen molar-refractivity contribution >= 4 is 5.91 Å². The van der Waals surface area contributed by atoms with Crippen LogP contribution in [0.5, 0.6) is 0 Å². The Morgan fingerprint density at radius 2 is 1.96 bits per heavy atom. The molecule has 0 spiro atoms. The van der Waals surface area contributed by atoms with Gasteiger partial charge in [-0.3, -0.25) is 4.79 Å². The molecular formula is C18H17N3O3. The van der Waals surface area contributed by atoms with Crippen molar-refractivity contribution in [3.05, 3.63) is 71.8 Å². The predicted molar refractivity (Wildman–Crippen MR) is 85.6 cm³/mol. The fourth-order valence-electron chi connectivity index (χ4n) is 3.29. The molecule has 122 valence electrons. The number of rotatable bonds is 3. The molecule has 2 aromatic heterocycles. The van der Waals surface area contributed by atoms with E-state index >= 15 is 0 Å². The van der Waals surface area contributed by atoms with Gasteiger partial charge in [-0.05, 0) is 18.6 Å². The molecule has 6 nitrogen and oxygen atoms in total. The molecule has 0 aliphatic carbocycles. The summed E-state index contributed by atoms with van der Waals surface area (Å²) in [6.45, 7) is 2.96. The van der Waals surface area contributed by atoms with Crippen molar-refractivity contribution < 1.29 is 13.7 Å². The first-order valence-corrected chi connectivity index (χ1v) is 7.89.